The number of rotatable bonds is 5. The van der Waals surface area contributed by atoms with E-state index in [1.54, 1.807) is 13.8 Å². The smallest absolute Gasteiger partial charge is 0.244 e. The molecule has 1 rings (SSSR count). The van der Waals surface area contributed by atoms with Gasteiger partial charge in [0.15, 0.2) is 0 Å². The predicted molar refractivity (Wildman–Crippen MR) is 71.9 cm³/mol. The summed E-state index contributed by atoms with van der Waals surface area (Å²) in [7, 11) is 0. The largest absolute Gasteiger partial charge is 0.393 e. The molecule has 1 aromatic carbocycles. The zero-order valence-electron chi connectivity index (χ0n) is 11.2. The number of aliphatic hydroxyl groups is 1. The second kappa shape index (κ2) is 5.98. The minimum Gasteiger partial charge on any atom is -0.393 e. The summed E-state index contributed by atoms with van der Waals surface area (Å²) in [6.45, 7) is 5.24. The summed E-state index contributed by atoms with van der Waals surface area (Å²) in [5.74, 6) is -0.234. The maximum atomic E-state index is 12.1. The van der Waals surface area contributed by atoms with Crippen molar-refractivity contribution in [2.75, 3.05) is 0 Å². The summed E-state index contributed by atoms with van der Waals surface area (Å²) in [6.07, 6.45) is 0.0671. The van der Waals surface area contributed by atoms with Crippen molar-refractivity contribution in [2.45, 2.75) is 44.9 Å². The third-order valence-corrected chi connectivity index (χ3v) is 2.92. The van der Waals surface area contributed by atoms with Crippen LogP contribution in [0.3, 0.4) is 0 Å². The lowest BCUT2D eigenvalue weighted by molar-refractivity contribution is -0.126. The Morgan fingerprint density at radius 2 is 1.94 bits per heavy atom. The average Bonchev–Trinajstić information content (AvgIpc) is 2.28. The molecule has 0 saturated carbocycles. The van der Waals surface area contributed by atoms with Gasteiger partial charge >= 0.3 is 0 Å². The fourth-order valence-corrected chi connectivity index (χ4v) is 1.86. The first-order valence-corrected chi connectivity index (χ1v) is 6.17. The van der Waals surface area contributed by atoms with E-state index in [2.05, 4.69) is 5.32 Å². The second-order valence-electron chi connectivity index (χ2n) is 5.03. The highest BCUT2D eigenvalue weighted by Crippen LogP contribution is 2.17. The lowest BCUT2D eigenvalue weighted by atomic mass is 9.92. The van der Waals surface area contributed by atoms with Crippen LogP contribution in [0.25, 0.3) is 0 Å². The fraction of sp³-hybridized carbons (Fsp3) is 0.500. The molecule has 18 heavy (non-hydrogen) atoms. The quantitative estimate of drug-likeness (QED) is 0.733. The summed E-state index contributed by atoms with van der Waals surface area (Å²) in [5.41, 5.74) is 5.79. The Labute approximate surface area is 108 Å². The van der Waals surface area contributed by atoms with Crippen LogP contribution in [0.4, 0.5) is 0 Å². The molecule has 0 spiro atoms. The molecular weight excluding hydrogens is 228 g/mol. The molecule has 0 aliphatic rings. The van der Waals surface area contributed by atoms with Crippen LogP contribution in [-0.4, -0.2) is 23.2 Å². The number of benzene rings is 1. The van der Waals surface area contributed by atoms with Gasteiger partial charge in [0, 0.05) is 6.04 Å². The number of nitrogens with two attached hydrogens (primary N) is 1. The molecule has 1 aromatic rings. The number of amides is 1. The van der Waals surface area contributed by atoms with Gasteiger partial charge < -0.3 is 16.2 Å². The Hall–Kier alpha value is -1.39. The highest BCUT2D eigenvalue weighted by atomic mass is 16.3. The molecule has 4 N–H and O–H groups in total. The summed E-state index contributed by atoms with van der Waals surface area (Å²) in [4.78, 5) is 12.1. The zero-order chi connectivity index (χ0) is 13.8. The van der Waals surface area contributed by atoms with Crippen molar-refractivity contribution >= 4 is 5.91 Å². The molecule has 0 saturated heterocycles. The van der Waals surface area contributed by atoms with Gasteiger partial charge in [-0.2, -0.15) is 0 Å². The third-order valence-electron chi connectivity index (χ3n) is 2.92. The number of hydrogen-bond acceptors (Lipinski definition) is 3. The Balaban J connectivity index is 2.71. The van der Waals surface area contributed by atoms with Gasteiger partial charge in [0.2, 0.25) is 5.91 Å². The molecule has 1 amide bonds. The van der Waals surface area contributed by atoms with Crippen LogP contribution in [0.1, 0.15) is 32.8 Å². The molecule has 100 valence electrons. The van der Waals surface area contributed by atoms with Gasteiger partial charge in [0.25, 0.3) is 0 Å². The van der Waals surface area contributed by atoms with Crippen LogP contribution in [0, 0.1) is 0 Å². The third kappa shape index (κ3) is 3.82. The van der Waals surface area contributed by atoms with E-state index in [0.29, 0.717) is 6.42 Å². The average molecular weight is 250 g/mol. The molecule has 0 aromatic heterocycles. The van der Waals surface area contributed by atoms with Gasteiger partial charge in [-0.15, -0.1) is 0 Å². The monoisotopic (exact) mass is 250 g/mol. The molecule has 0 aliphatic carbocycles. The maximum Gasteiger partial charge on any atom is 0.244 e. The van der Waals surface area contributed by atoms with E-state index in [4.69, 9.17) is 5.73 Å². The van der Waals surface area contributed by atoms with Crippen LogP contribution < -0.4 is 11.1 Å². The van der Waals surface area contributed by atoms with E-state index in [1.807, 2.05) is 37.3 Å². The number of hydrogen-bond donors (Lipinski definition) is 3. The first kappa shape index (κ1) is 14.7. The van der Waals surface area contributed by atoms with Gasteiger partial charge in [0.05, 0.1) is 6.10 Å². The molecular formula is C14H22N2O2. The van der Waals surface area contributed by atoms with E-state index in [1.165, 1.54) is 0 Å². The summed E-state index contributed by atoms with van der Waals surface area (Å²) in [5, 5.41) is 12.1. The van der Waals surface area contributed by atoms with E-state index >= 15 is 0 Å². The molecule has 4 nitrogen and oxygen atoms in total. The van der Waals surface area contributed by atoms with Crippen LogP contribution in [0.2, 0.25) is 0 Å². The zero-order valence-corrected chi connectivity index (χ0v) is 11.2. The molecule has 0 aliphatic heterocycles. The van der Waals surface area contributed by atoms with Crippen molar-refractivity contribution in [3.63, 3.8) is 0 Å². The number of carbonyl (C=O) groups excluding carboxylic acids is 1. The number of aliphatic hydroxyl groups excluding tert-OH is 1. The normalized spacial score (nSPS) is 17.6. The minimum atomic E-state index is -1.06. The van der Waals surface area contributed by atoms with Crippen molar-refractivity contribution in [1.29, 1.82) is 0 Å². The molecule has 3 unspecified atom stereocenters. The van der Waals surface area contributed by atoms with Gasteiger partial charge in [-0.3, -0.25) is 4.79 Å². The van der Waals surface area contributed by atoms with Gasteiger partial charge in [0.1, 0.15) is 5.54 Å². The van der Waals surface area contributed by atoms with Crippen molar-refractivity contribution < 1.29 is 9.90 Å². The summed E-state index contributed by atoms with van der Waals surface area (Å²) in [6, 6.07) is 9.15. The van der Waals surface area contributed by atoms with Crippen LogP contribution in [0.15, 0.2) is 30.3 Å². The fourth-order valence-electron chi connectivity index (χ4n) is 1.86. The Kier molecular flexibility index (Phi) is 4.87. The predicted octanol–water partition coefficient (Wildman–Crippen LogP) is 1.14. The summed E-state index contributed by atoms with van der Waals surface area (Å²) >= 11 is 0. The molecule has 4 heteroatoms. The molecule has 0 radical (unpaired) electrons. The first-order chi connectivity index (χ1) is 8.34. The number of nitrogens with one attached hydrogen (secondary N) is 1. The highest BCUT2D eigenvalue weighted by Gasteiger charge is 2.31. The molecule has 3 atom stereocenters. The van der Waals surface area contributed by atoms with E-state index in [0.717, 1.165) is 5.56 Å². The highest BCUT2D eigenvalue weighted by molar-refractivity contribution is 5.87. The van der Waals surface area contributed by atoms with E-state index < -0.39 is 11.6 Å². The van der Waals surface area contributed by atoms with E-state index in [-0.39, 0.29) is 11.9 Å². The van der Waals surface area contributed by atoms with Gasteiger partial charge in [-0.1, -0.05) is 30.3 Å². The Bertz CT molecular complexity index is 388. The molecule has 0 fully saturated rings. The van der Waals surface area contributed by atoms with Crippen LogP contribution >= 0.6 is 0 Å². The Morgan fingerprint density at radius 3 is 2.44 bits per heavy atom. The standard InChI is InChI=1S/C14H22N2O2/c1-10(9-11(2)17)16-13(18)14(3,15)12-7-5-4-6-8-12/h4-8,10-11,17H,9,15H2,1-3H3,(H,16,18). The maximum absolute atomic E-state index is 12.1. The van der Waals surface area contributed by atoms with E-state index in [9.17, 15) is 9.90 Å². The van der Waals surface area contributed by atoms with Gasteiger partial charge in [-0.05, 0) is 32.8 Å². The van der Waals surface area contributed by atoms with Crippen molar-refractivity contribution in [3.05, 3.63) is 35.9 Å². The van der Waals surface area contributed by atoms with Gasteiger partial charge in [-0.25, -0.2) is 0 Å². The second-order valence-corrected chi connectivity index (χ2v) is 5.03. The first-order valence-electron chi connectivity index (χ1n) is 6.17. The lowest BCUT2D eigenvalue weighted by Crippen LogP contribution is -2.51. The Morgan fingerprint density at radius 1 is 1.39 bits per heavy atom. The van der Waals surface area contributed by atoms with Crippen molar-refractivity contribution in [3.8, 4) is 0 Å². The van der Waals surface area contributed by atoms with Crippen LogP contribution in [-0.2, 0) is 10.3 Å². The molecule has 0 heterocycles. The SMILES string of the molecule is CC(O)CC(C)NC(=O)C(C)(N)c1ccccc1. The van der Waals surface area contributed by atoms with Crippen LogP contribution in [0.5, 0.6) is 0 Å². The van der Waals surface area contributed by atoms with Crippen molar-refractivity contribution in [1.82, 2.24) is 5.32 Å². The topological polar surface area (TPSA) is 75.3 Å². The lowest BCUT2D eigenvalue weighted by Gasteiger charge is -2.26. The molecule has 0 bridgehead atoms. The minimum absolute atomic E-state index is 0.107. The van der Waals surface area contributed by atoms with Crippen molar-refractivity contribution in [2.24, 2.45) is 5.73 Å². The number of carbonyl (C=O) groups is 1. The summed E-state index contributed by atoms with van der Waals surface area (Å²) < 4.78 is 0.